The van der Waals surface area contributed by atoms with Crippen molar-refractivity contribution in [2.75, 3.05) is 24.9 Å². The fourth-order valence-corrected chi connectivity index (χ4v) is 5.23. The van der Waals surface area contributed by atoms with Crippen LogP contribution in [0.5, 0.6) is 5.75 Å². The van der Waals surface area contributed by atoms with Crippen molar-refractivity contribution in [3.8, 4) is 17.1 Å². The van der Waals surface area contributed by atoms with Gasteiger partial charge < -0.3 is 9.26 Å². The summed E-state index contributed by atoms with van der Waals surface area (Å²) in [6, 6.07) is 12.5. The Kier molecular flexibility index (Phi) is 6.53. The van der Waals surface area contributed by atoms with Gasteiger partial charge in [-0.3, -0.25) is 9.62 Å². The Hall–Kier alpha value is -2.84. The SMILES string of the molecule is COc1ccc(-c2onc(C)c2C)cc1S(=O)(=O)Nc1ccc(CN2CCCCC2)cc1. The van der Waals surface area contributed by atoms with E-state index in [9.17, 15) is 8.42 Å². The highest BCUT2D eigenvalue weighted by Gasteiger charge is 2.23. The van der Waals surface area contributed by atoms with Crippen LogP contribution in [0.25, 0.3) is 11.3 Å². The van der Waals surface area contributed by atoms with Crippen molar-refractivity contribution in [2.24, 2.45) is 0 Å². The first-order valence-electron chi connectivity index (χ1n) is 10.8. The Labute approximate surface area is 189 Å². The normalized spacial score (nSPS) is 15.0. The van der Waals surface area contributed by atoms with E-state index in [0.717, 1.165) is 30.9 Å². The zero-order valence-electron chi connectivity index (χ0n) is 18.7. The van der Waals surface area contributed by atoms with Crippen molar-refractivity contribution in [1.29, 1.82) is 0 Å². The summed E-state index contributed by atoms with van der Waals surface area (Å²) in [4.78, 5) is 2.48. The zero-order valence-corrected chi connectivity index (χ0v) is 19.5. The van der Waals surface area contributed by atoms with Crippen LogP contribution >= 0.6 is 0 Å². The van der Waals surface area contributed by atoms with E-state index < -0.39 is 10.0 Å². The molecular weight excluding hydrogens is 426 g/mol. The van der Waals surface area contributed by atoms with Crippen LogP contribution in [0.1, 0.15) is 36.1 Å². The molecule has 1 aliphatic rings. The molecular formula is C24H29N3O4S. The summed E-state index contributed by atoms with van der Waals surface area (Å²) in [6.07, 6.45) is 3.79. The van der Waals surface area contributed by atoms with Gasteiger partial charge in [0.15, 0.2) is 5.76 Å². The van der Waals surface area contributed by atoms with Crippen LogP contribution in [-0.4, -0.2) is 38.7 Å². The third-order valence-corrected chi connectivity index (χ3v) is 7.34. The molecule has 3 aromatic rings. The number of likely N-dealkylation sites (tertiary alicyclic amines) is 1. The fourth-order valence-electron chi connectivity index (χ4n) is 3.98. The number of aromatic nitrogens is 1. The van der Waals surface area contributed by atoms with Crippen LogP contribution in [0.15, 0.2) is 51.9 Å². The van der Waals surface area contributed by atoms with Crippen LogP contribution in [0, 0.1) is 13.8 Å². The van der Waals surface area contributed by atoms with Gasteiger partial charge in [-0.1, -0.05) is 23.7 Å². The van der Waals surface area contributed by atoms with Crippen LogP contribution < -0.4 is 9.46 Å². The molecule has 32 heavy (non-hydrogen) atoms. The van der Waals surface area contributed by atoms with Crippen molar-refractivity contribution >= 4 is 15.7 Å². The summed E-state index contributed by atoms with van der Waals surface area (Å²) >= 11 is 0. The monoisotopic (exact) mass is 455 g/mol. The zero-order chi connectivity index (χ0) is 22.7. The van der Waals surface area contributed by atoms with Crippen molar-refractivity contribution in [3.05, 3.63) is 59.3 Å². The van der Waals surface area contributed by atoms with Crippen molar-refractivity contribution in [3.63, 3.8) is 0 Å². The first-order valence-corrected chi connectivity index (χ1v) is 12.3. The number of rotatable bonds is 7. The molecule has 0 saturated carbocycles. The molecule has 1 saturated heterocycles. The lowest BCUT2D eigenvalue weighted by Crippen LogP contribution is -2.29. The number of nitrogens with zero attached hydrogens (tertiary/aromatic N) is 2. The van der Waals surface area contributed by atoms with Gasteiger partial charge in [-0.25, -0.2) is 8.42 Å². The molecule has 1 fully saturated rings. The molecule has 1 aliphatic heterocycles. The predicted octanol–water partition coefficient (Wildman–Crippen LogP) is 4.75. The van der Waals surface area contributed by atoms with Gasteiger partial charge in [-0.05, 0) is 75.7 Å². The average molecular weight is 456 g/mol. The second-order valence-electron chi connectivity index (χ2n) is 8.23. The molecule has 0 aliphatic carbocycles. The number of hydrogen-bond donors (Lipinski definition) is 1. The minimum absolute atomic E-state index is 0.0448. The van der Waals surface area contributed by atoms with E-state index in [1.807, 2.05) is 26.0 Å². The molecule has 0 radical (unpaired) electrons. The van der Waals surface area contributed by atoms with Crippen LogP contribution in [0.3, 0.4) is 0 Å². The van der Waals surface area contributed by atoms with E-state index >= 15 is 0 Å². The molecule has 170 valence electrons. The van der Waals surface area contributed by atoms with E-state index in [1.54, 1.807) is 30.3 Å². The third kappa shape index (κ3) is 4.81. The topological polar surface area (TPSA) is 84.7 Å². The second-order valence-corrected chi connectivity index (χ2v) is 9.88. The fraction of sp³-hybridized carbons (Fsp3) is 0.375. The lowest BCUT2D eigenvalue weighted by Gasteiger charge is -2.26. The summed E-state index contributed by atoms with van der Waals surface area (Å²) < 4.78 is 39.8. The van der Waals surface area contributed by atoms with Crippen LogP contribution in [-0.2, 0) is 16.6 Å². The first kappa shape index (κ1) is 22.4. The Balaban J connectivity index is 1.56. The molecule has 0 unspecified atom stereocenters. The highest BCUT2D eigenvalue weighted by molar-refractivity contribution is 7.92. The number of hydrogen-bond acceptors (Lipinski definition) is 6. The van der Waals surface area contributed by atoms with Crippen LogP contribution in [0.4, 0.5) is 5.69 Å². The highest BCUT2D eigenvalue weighted by atomic mass is 32.2. The van der Waals surface area contributed by atoms with E-state index in [-0.39, 0.29) is 10.6 Å². The Bertz CT molecular complexity index is 1180. The molecule has 0 amide bonds. The number of ether oxygens (including phenoxy) is 1. The van der Waals surface area contributed by atoms with Gasteiger partial charge in [0, 0.05) is 23.4 Å². The Morgan fingerprint density at radius 2 is 1.78 bits per heavy atom. The lowest BCUT2D eigenvalue weighted by atomic mass is 10.1. The van der Waals surface area contributed by atoms with Crippen molar-refractivity contribution in [2.45, 2.75) is 44.6 Å². The van der Waals surface area contributed by atoms with Crippen LogP contribution in [0.2, 0.25) is 0 Å². The second kappa shape index (κ2) is 9.34. The average Bonchev–Trinajstić information content (AvgIpc) is 3.13. The summed E-state index contributed by atoms with van der Waals surface area (Å²) in [6.45, 7) is 6.87. The molecule has 8 heteroatoms. The molecule has 0 bridgehead atoms. The molecule has 1 aromatic heterocycles. The standard InChI is InChI=1S/C24H29N3O4S/c1-17-18(2)25-31-24(17)20-9-12-22(30-3)23(15-20)32(28,29)26-21-10-7-19(8-11-21)16-27-13-5-4-6-14-27/h7-12,15,26H,4-6,13-14,16H2,1-3H3. The smallest absolute Gasteiger partial charge is 0.265 e. The summed E-state index contributed by atoms with van der Waals surface area (Å²) in [5.74, 6) is 0.806. The molecule has 0 atom stereocenters. The Morgan fingerprint density at radius 1 is 1.06 bits per heavy atom. The molecule has 2 heterocycles. The maximum absolute atomic E-state index is 13.2. The van der Waals surface area contributed by atoms with E-state index in [0.29, 0.717) is 17.0 Å². The maximum atomic E-state index is 13.2. The van der Waals surface area contributed by atoms with Gasteiger partial charge in [-0.2, -0.15) is 0 Å². The maximum Gasteiger partial charge on any atom is 0.265 e. The molecule has 7 nitrogen and oxygen atoms in total. The van der Waals surface area contributed by atoms with Crippen molar-refractivity contribution < 1.29 is 17.7 Å². The van der Waals surface area contributed by atoms with Gasteiger partial charge in [-0.15, -0.1) is 0 Å². The van der Waals surface area contributed by atoms with E-state index in [2.05, 4.69) is 14.8 Å². The van der Waals surface area contributed by atoms with Crippen molar-refractivity contribution in [1.82, 2.24) is 10.1 Å². The predicted molar refractivity (Wildman–Crippen MR) is 124 cm³/mol. The van der Waals surface area contributed by atoms with E-state index in [1.165, 1.54) is 31.9 Å². The summed E-state index contributed by atoms with van der Waals surface area (Å²) in [7, 11) is -2.43. The minimum Gasteiger partial charge on any atom is -0.495 e. The lowest BCUT2D eigenvalue weighted by molar-refractivity contribution is 0.221. The minimum atomic E-state index is -3.88. The number of anilines is 1. The first-order chi connectivity index (χ1) is 15.4. The van der Waals surface area contributed by atoms with Gasteiger partial charge in [0.2, 0.25) is 0 Å². The number of piperidine rings is 1. The van der Waals surface area contributed by atoms with E-state index in [4.69, 9.17) is 9.26 Å². The molecule has 1 N–H and O–H groups in total. The molecule has 4 rings (SSSR count). The number of sulfonamides is 1. The highest BCUT2D eigenvalue weighted by Crippen LogP contribution is 2.33. The van der Waals surface area contributed by atoms with Gasteiger partial charge >= 0.3 is 0 Å². The molecule has 2 aromatic carbocycles. The summed E-state index contributed by atoms with van der Waals surface area (Å²) in [5.41, 5.74) is 3.94. The quantitative estimate of drug-likeness (QED) is 0.553. The summed E-state index contributed by atoms with van der Waals surface area (Å²) in [5, 5.41) is 3.97. The number of aryl methyl sites for hydroxylation is 1. The number of nitrogens with one attached hydrogen (secondary N) is 1. The molecule has 0 spiro atoms. The third-order valence-electron chi connectivity index (χ3n) is 5.93. The Morgan fingerprint density at radius 3 is 2.41 bits per heavy atom. The van der Waals surface area contributed by atoms with Gasteiger partial charge in [0.05, 0.1) is 12.8 Å². The van der Waals surface area contributed by atoms with Gasteiger partial charge in [0.25, 0.3) is 10.0 Å². The van der Waals surface area contributed by atoms with Gasteiger partial charge in [0.1, 0.15) is 10.6 Å². The number of benzene rings is 2. The number of methoxy groups -OCH3 is 1. The largest absolute Gasteiger partial charge is 0.495 e.